The van der Waals surface area contributed by atoms with E-state index in [0.29, 0.717) is 17.5 Å². The molecule has 2 rings (SSSR count). The van der Waals surface area contributed by atoms with E-state index in [-0.39, 0.29) is 11.3 Å². The number of aryl methyl sites for hydroxylation is 1. The van der Waals surface area contributed by atoms with Crippen LogP contribution in [0.4, 0.5) is 5.69 Å². The Morgan fingerprint density at radius 3 is 2.68 bits per heavy atom. The summed E-state index contributed by atoms with van der Waals surface area (Å²) in [4.78, 5) is 22.9. The zero-order valence-corrected chi connectivity index (χ0v) is 10.4. The number of phenolic OH excluding ortho intramolecular Hbond substituents is 1. The molecule has 4 heteroatoms. The third kappa shape index (κ3) is 2.80. The molecule has 0 bridgehead atoms. The number of hydrogen-bond acceptors (Lipinski definition) is 3. The van der Waals surface area contributed by atoms with E-state index in [4.69, 9.17) is 0 Å². The van der Waals surface area contributed by atoms with E-state index in [0.717, 1.165) is 5.56 Å². The number of para-hydroxylation sites is 1. The molecule has 2 aromatic carbocycles. The Morgan fingerprint density at radius 1 is 1.21 bits per heavy atom. The number of carbonyl (C=O) groups excluding carboxylic acids is 2. The second-order valence-electron chi connectivity index (χ2n) is 4.18. The van der Waals surface area contributed by atoms with Crippen LogP contribution in [0.25, 0.3) is 0 Å². The minimum Gasteiger partial charge on any atom is -0.507 e. The van der Waals surface area contributed by atoms with Crippen LogP contribution in [0.3, 0.4) is 0 Å². The number of aromatic hydroxyl groups is 1. The van der Waals surface area contributed by atoms with E-state index in [1.165, 1.54) is 6.07 Å². The van der Waals surface area contributed by atoms with Crippen molar-refractivity contribution in [2.45, 2.75) is 6.92 Å². The summed E-state index contributed by atoms with van der Waals surface area (Å²) in [5, 5.41) is 12.3. The van der Waals surface area contributed by atoms with Gasteiger partial charge in [-0.2, -0.15) is 0 Å². The quantitative estimate of drug-likeness (QED) is 0.829. The lowest BCUT2D eigenvalue weighted by Crippen LogP contribution is -2.13. The highest BCUT2D eigenvalue weighted by molar-refractivity contribution is 6.08. The molecule has 0 saturated heterocycles. The Kier molecular flexibility index (Phi) is 3.61. The topological polar surface area (TPSA) is 66.4 Å². The lowest BCUT2D eigenvalue weighted by Gasteiger charge is -2.09. The average Bonchev–Trinajstić information content (AvgIpc) is 2.42. The summed E-state index contributed by atoms with van der Waals surface area (Å²) in [7, 11) is 0. The molecule has 96 valence electrons. The number of rotatable bonds is 3. The van der Waals surface area contributed by atoms with Gasteiger partial charge in [0.05, 0.1) is 11.3 Å². The maximum Gasteiger partial charge on any atom is 0.259 e. The fourth-order valence-electron chi connectivity index (χ4n) is 1.74. The standard InChI is InChI=1S/C15H13NO3/c1-10-6-7-14(18)12(8-10)15(19)16-13-5-3-2-4-11(13)9-17/h2-9,18H,1H3,(H,16,19). The number of nitrogens with one attached hydrogen (secondary N) is 1. The molecule has 0 fully saturated rings. The Hall–Kier alpha value is -2.62. The van der Waals surface area contributed by atoms with Crippen molar-refractivity contribution < 1.29 is 14.7 Å². The molecule has 0 aliphatic carbocycles. The van der Waals surface area contributed by atoms with Crippen molar-refractivity contribution in [1.82, 2.24) is 0 Å². The van der Waals surface area contributed by atoms with Crippen molar-refractivity contribution in [3.63, 3.8) is 0 Å². The highest BCUT2D eigenvalue weighted by atomic mass is 16.3. The fraction of sp³-hybridized carbons (Fsp3) is 0.0667. The van der Waals surface area contributed by atoms with Crippen LogP contribution in [0, 0.1) is 6.92 Å². The molecule has 0 spiro atoms. The second-order valence-corrected chi connectivity index (χ2v) is 4.18. The highest BCUT2D eigenvalue weighted by Gasteiger charge is 2.12. The van der Waals surface area contributed by atoms with Gasteiger partial charge in [-0.25, -0.2) is 0 Å². The van der Waals surface area contributed by atoms with E-state index >= 15 is 0 Å². The molecule has 4 nitrogen and oxygen atoms in total. The van der Waals surface area contributed by atoms with Gasteiger partial charge in [-0.3, -0.25) is 9.59 Å². The van der Waals surface area contributed by atoms with Gasteiger partial charge in [0, 0.05) is 5.56 Å². The van der Waals surface area contributed by atoms with E-state index in [9.17, 15) is 14.7 Å². The number of carbonyl (C=O) groups is 2. The molecule has 1 amide bonds. The first-order valence-electron chi connectivity index (χ1n) is 5.77. The van der Waals surface area contributed by atoms with Crippen LogP contribution in [-0.4, -0.2) is 17.3 Å². The zero-order valence-electron chi connectivity index (χ0n) is 10.4. The number of hydrogen-bond donors (Lipinski definition) is 2. The molecule has 19 heavy (non-hydrogen) atoms. The molecule has 0 saturated carbocycles. The minimum absolute atomic E-state index is 0.0910. The smallest absolute Gasteiger partial charge is 0.259 e. The van der Waals surface area contributed by atoms with E-state index in [1.54, 1.807) is 36.4 Å². The minimum atomic E-state index is -0.449. The molecule has 0 aromatic heterocycles. The number of aldehydes is 1. The Balaban J connectivity index is 2.30. The van der Waals surface area contributed by atoms with Crippen molar-refractivity contribution in [2.24, 2.45) is 0 Å². The predicted molar refractivity (Wildman–Crippen MR) is 72.6 cm³/mol. The third-order valence-corrected chi connectivity index (χ3v) is 2.73. The number of anilines is 1. The predicted octanol–water partition coefficient (Wildman–Crippen LogP) is 2.77. The molecule has 0 unspecified atom stereocenters. The molecule has 0 heterocycles. The van der Waals surface area contributed by atoms with Crippen LogP contribution in [0.1, 0.15) is 26.3 Å². The first kappa shape index (κ1) is 12.8. The van der Waals surface area contributed by atoms with Crippen LogP contribution in [0.5, 0.6) is 5.75 Å². The van der Waals surface area contributed by atoms with Crippen molar-refractivity contribution in [1.29, 1.82) is 0 Å². The molecule has 2 N–H and O–H groups in total. The normalized spacial score (nSPS) is 9.95. The number of phenols is 1. The first-order chi connectivity index (χ1) is 9.11. The summed E-state index contributed by atoms with van der Waals surface area (Å²) in [6.45, 7) is 1.83. The lowest BCUT2D eigenvalue weighted by molar-refractivity contribution is 0.102. The molecule has 0 aliphatic heterocycles. The van der Waals surface area contributed by atoms with Gasteiger partial charge in [0.15, 0.2) is 6.29 Å². The molecular weight excluding hydrogens is 242 g/mol. The summed E-state index contributed by atoms with van der Waals surface area (Å²) in [5.41, 5.74) is 1.86. The Labute approximate surface area is 110 Å². The van der Waals surface area contributed by atoms with E-state index in [1.807, 2.05) is 6.92 Å². The number of amides is 1. The maximum atomic E-state index is 12.1. The Bertz CT molecular complexity index is 635. The van der Waals surface area contributed by atoms with Crippen LogP contribution < -0.4 is 5.32 Å². The SMILES string of the molecule is Cc1ccc(O)c(C(=O)Nc2ccccc2C=O)c1. The second kappa shape index (κ2) is 5.35. The summed E-state index contributed by atoms with van der Waals surface area (Å²) < 4.78 is 0. The van der Waals surface area contributed by atoms with E-state index < -0.39 is 5.91 Å². The maximum absolute atomic E-state index is 12.1. The molecular formula is C15H13NO3. The van der Waals surface area contributed by atoms with Crippen molar-refractivity contribution >= 4 is 17.9 Å². The summed E-state index contributed by atoms with van der Waals surface area (Å²) in [6, 6.07) is 11.4. The van der Waals surface area contributed by atoms with Crippen molar-refractivity contribution in [3.05, 3.63) is 59.2 Å². The van der Waals surface area contributed by atoms with Crippen molar-refractivity contribution in [3.8, 4) is 5.75 Å². The van der Waals surface area contributed by atoms with E-state index in [2.05, 4.69) is 5.32 Å². The first-order valence-corrected chi connectivity index (χ1v) is 5.77. The van der Waals surface area contributed by atoms with Gasteiger partial charge in [-0.05, 0) is 31.2 Å². The fourth-order valence-corrected chi connectivity index (χ4v) is 1.74. The van der Waals surface area contributed by atoms with Gasteiger partial charge in [-0.1, -0.05) is 23.8 Å². The summed E-state index contributed by atoms with van der Waals surface area (Å²) in [6.07, 6.45) is 0.672. The lowest BCUT2D eigenvalue weighted by atomic mass is 10.1. The Morgan fingerprint density at radius 2 is 1.95 bits per heavy atom. The van der Waals surface area contributed by atoms with Crippen LogP contribution in [0.15, 0.2) is 42.5 Å². The molecule has 0 radical (unpaired) electrons. The van der Waals surface area contributed by atoms with Gasteiger partial charge in [0.1, 0.15) is 5.75 Å². The van der Waals surface area contributed by atoms with Crippen LogP contribution >= 0.6 is 0 Å². The third-order valence-electron chi connectivity index (χ3n) is 2.73. The van der Waals surface area contributed by atoms with Gasteiger partial charge >= 0.3 is 0 Å². The molecule has 0 aliphatic rings. The molecule has 0 atom stereocenters. The monoisotopic (exact) mass is 255 g/mol. The summed E-state index contributed by atoms with van der Waals surface area (Å²) >= 11 is 0. The summed E-state index contributed by atoms with van der Waals surface area (Å²) in [5.74, 6) is -0.540. The van der Waals surface area contributed by atoms with Crippen LogP contribution in [-0.2, 0) is 0 Å². The van der Waals surface area contributed by atoms with Gasteiger partial charge in [-0.15, -0.1) is 0 Å². The largest absolute Gasteiger partial charge is 0.507 e. The highest BCUT2D eigenvalue weighted by Crippen LogP contribution is 2.21. The van der Waals surface area contributed by atoms with Gasteiger partial charge < -0.3 is 10.4 Å². The number of benzene rings is 2. The van der Waals surface area contributed by atoms with Gasteiger partial charge in [0.2, 0.25) is 0 Å². The van der Waals surface area contributed by atoms with Crippen LogP contribution in [0.2, 0.25) is 0 Å². The zero-order chi connectivity index (χ0) is 13.8. The van der Waals surface area contributed by atoms with Crippen molar-refractivity contribution in [2.75, 3.05) is 5.32 Å². The average molecular weight is 255 g/mol. The molecule has 2 aromatic rings. The van der Waals surface area contributed by atoms with Gasteiger partial charge in [0.25, 0.3) is 5.91 Å².